The number of benzene rings is 2. The van der Waals surface area contributed by atoms with E-state index in [-0.39, 0.29) is 23.3 Å². The third-order valence-corrected chi connectivity index (χ3v) is 6.86. The largest absolute Gasteiger partial charge is 0.497 e. The SMILES string of the molecule is COc1ccc(S(=O)(=O)N2CCC(Oc3ccc4ccccc4n3)C2)c(OC)c1. The Morgan fingerprint density at radius 1 is 1.03 bits per heavy atom. The average molecular weight is 414 g/mol. The Kier molecular flexibility index (Phi) is 5.29. The minimum atomic E-state index is -3.71. The standard InChI is InChI=1S/C21H22N2O5S/c1-26-16-8-9-20(19(13-16)27-2)29(24,25)23-12-11-17(14-23)28-21-10-7-15-5-3-4-6-18(15)22-21/h3-10,13,17H,11-12,14H2,1-2H3. The molecule has 1 aliphatic rings. The number of aromatic nitrogens is 1. The van der Waals surface area contributed by atoms with Gasteiger partial charge in [-0.05, 0) is 30.7 Å². The van der Waals surface area contributed by atoms with Crippen LogP contribution in [-0.4, -0.2) is 51.1 Å². The number of methoxy groups -OCH3 is 2. The van der Waals surface area contributed by atoms with E-state index in [0.717, 1.165) is 10.9 Å². The van der Waals surface area contributed by atoms with E-state index in [0.29, 0.717) is 24.6 Å². The molecule has 3 aromatic rings. The van der Waals surface area contributed by atoms with Crippen LogP contribution in [0.1, 0.15) is 6.42 Å². The maximum Gasteiger partial charge on any atom is 0.246 e. The molecule has 0 amide bonds. The van der Waals surface area contributed by atoms with Gasteiger partial charge in [-0.25, -0.2) is 13.4 Å². The number of hydrogen-bond donors (Lipinski definition) is 0. The molecule has 0 N–H and O–H groups in total. The molecule has 29 heavy (non-hydrogen) atoms. The van der Waals surface area contributed by atoms with Crippen molar-refractivity contribution in [2.75, 3.05) is 27.3 Å². The van der Waals surface area contributed by atoms with Gasteiger partial charge in [0.05, 0.1) is 26.3 Å². The molecule has 4 rings (SSSR count). The zero-order chi connectivity index (χ0) is 20.4. The Hall–Kier alpha value is -2.84. The number of hydrogen-bond acceptors (Lipinski definition) is 6. The molecule has 1 atom stereocenters. The van der Waals surface area contributed by atoms with Gasteiger partial charge in [-0.3, -0.25) is 0 Å². The molecule has 0 saturated carbocycles. The van der Waals surface area contributed by atoms with Crippen LogP contribution in [0.3, 0.4) is 0 Å². The van der Waals surface area contributed by atoms with E-state index in [2.05, 4.69) is 4.98 Å². The van der Waals surface area contributed by atoms with E-state index < -0.39 is 10.0 Å². The molecule has 1 saturated heterocycles. The van der Waals surface area contributed by atoms with Gasteiger partial charge in [0, 0.05) is 24.1 Å². The van der Waals surface area contributed by atoms with Gasteiger partial charge in [0.25, 0.3) is 0 Å². The van der Waals surface area contributed by atoms with Crippen molar-refractivity contribution in [3.63, 3.8) is 0 Å². The van der Waals surface area contributed by atoms with Crippen molar-refractivity contribution >= 4 is 20.9 Å². The lowest BCUT2D eigenvalue weighted by Gasteiger charge is -2.19. The molecular formula is C21H22N2O5S. The summed E-state index contributed by atoms with van der Waals surface area (Å²) in [7, 11) is -0.754. The lowest BCUT2D eigenvalue weighted by molar-refractivity contribution is 0.207. The predicted molar refractivity (Wildman–Crippen MR) is 109 cm³/mol. The van der Waals surface area contributed by atoms with E-state index in [4.69, 9.17) is 14.2 Å². The highest BCUT2D eigenvalue weighted by molar-refractivity contribution is 7.89. The van der Waals surface area contributed by atoms with Crippen LogP contribution in [0, 0.1) is 0 Å². The fraction of sp³-hybridized carbons (Fsp3) is 0.286. The normalized spacial score (nSPS) is 17.4. The predicted octanol–water partition coefficient (Wildman–Crippen LogP) is 3.09. The van der Waals surface area contributed by atoms with Crippen LogP contribution < -0.4 is 14.2 Å². The second-order valence-corrected chi connectivity index (χ2v) is 8.66. The smallest absolute Gasteiger partial charge is 0.246 e. The minimum absolute atomic E-state index is 0.116. The zero-order valence-corrected chi connectivity index (χ0v) is 17.1. The molecular weight excluding hydrogens is 392 g/mol. The molecule has 0 aliphatic carbocycles. The first-order valence-corrected chi connectivity index (χ1v) is 10.7. The summed E-state index contributed by atoms with van der Waals surface area (Å²) in [4.78, 5) is 4.62. The molecule has 7 nitrogen and oxygen atoms in total. The lowest BCUT2D eigenvalue weighted by atomic mass is 10.2. The van der Waals surface area contributed by atoms with Crippen molar-refractivity contribution in [1.29, 1.82) is 0 Å². The molecule has 0 bridgehead atoms. The molecule has 1 fully saturated rings. The van der Waals surface area contributed by atoms with Crippen molar-refractivity contribution in [1.82, 2.24) is 9.29 Å². The van der Waals surface area contributed by atoms with Crippen molar-refractivity contribution in [2.45, 2.75) is 17.4 Å². The van der Waals surface area contributed by atoms with Crippen LogP contribution in [0.15, 0.2) is 59.5 Å². The zero-order valence-electron chi connectivity index (χ0n) is 16.2. The average Bonchev–Trinajstić information content (AvgIpc) is 3.22. The third-order valence-electron chi connectivity index (χ3n) is 4.96. The maximum absolute atomic E-state index is 13.1. The Labute approximate surface area is 169 Å². The molecule has 152 valence electrons. The minimum Gasteiger partial charge on any atom is -0.497 e. The summed E-state index contributed by atoms with van der Waals surface area (Å²) < 4.78 is 44.0. The van der Waals surface area contributed by atoms with Gasteiger partial charge >= 0.3 is 0 Å². The summed E-state index contributed by atoms with van der Waals surface area (Å²) in [6.45, 7) is 0.627. The van der Waals surface area contributed by atoms with Crippen LogP contribution in [0.2, 0.25) is 0 Å². The molecule has 2 heterocycles. The summed E-state index contributed by atoms with van der Waals surface area (Å²) in [6.07, 6.45) is 0.328. The number of sulfonamides is 1. The highest BCUT2D eigenvalue weighted by Gasteiger charge is 2.35. The first-order valence-electron chi connectivity index (χ1n) is 9.26. The summed E-state index contributed by atoms with van der Waals surface area (Å²) in [6, 6.07) is 16.2. The van der Waals surface area contributed by atoms with Crippen LogP contribution in [0.4, 0.5) is 0 Å². The fourth-order valence-corrected chi connectivity index (χ4v) is 5.05. The van der Waals surface area contributed by atoms with Gasteiger partial charge in [0.15, 0.2) is 0 Å². The van der Waals surface area contributed by atoms with Crippen LogP contribution in [0.5, 0.6) is 17.4 Å². The number of rotatable bonds is 6. The van der Waals surface area contributed by atoms with E-state index in [1.54, 1.807) is 12.1 Å². The molecule has 1 aromatic heterocycles. The highest BCUT2D eigenvalue weighted by Crippen LogP contribution is 2.32. The third kappa shape index (κ3) is 3.86. The van der Waals surface area contributed by atoms with Crippen molar-refractivity contribution in [3.8, 4) is 17.4 Å². The van der Waals surface area contributed by atoms with Gasteiger partial charge in [0.2, 0.25) is 15.9 Å². The van der Waals surface area contributed by atoms with E-state index in [1.165, 1.54) is 24.6 Å². The van der Waals surface area contributed by atoms with Crippen molar-refractivity contribution < 1.29 is 22.6 Å². The number of para-hydroxylation sites is 1. The first kappa shape index (κ1) is 19.5. The lowest BCUT2D eigenvalue weighted by Crippen LogP contribution is -2.31. The molecule has 2 aromatic carbocycles. The molecule has 1 aliphatic heterocycles. The Morgan fingerprint density at radius 3 is 2.66 bits per heavy atom. The summed E-state index contributed by atoms with van der Waals surface area (Å²) in [5.41, 5.74) is 0.843. The molecule has 0 spiro atoms. The van der Waals surface area contributed by atoms with Crippen molar-refractivity contribution in [2.24, 2.45) is 0 Å². The monoisotopic (exact) mass is 414 g/mol. The summed E-state index contributed by atoms with van der Waals surface area (Å²) >= 11 is 0. The fourth-order valence-electron chi connectivity index (χ4n) is 3.42. The quantitative estimate of drug-likeness (QED) is 0.617. The number of ether oxygens (including phenoxy) is 3. The molecule has 8 heteroatoms. The number of nitrogens with zero attached hydrogens (tertiary/aromatic N) is 2. The van der Waals surface area contributed by atoms with E-state index >= 15 is 0 Å². The highest BCUT2D eigenvalue weighted by atomic mass is 32.2. The second kappa shape index (κ2) is 7.88. The Bertz CT molecular complexity index is 1130. The van der Waals surface area contributed by atoms with Crippen LogP contribution in [0.25, 0.3) is 10.9 Å². The Balaban J connectivity index is 1.51. The second-order valence-electron chi connectivity index (χ2n) is 6.75. The molecule has 1 unspecified atom stereocenters. The van der Waals surface area contributed by atoms with Crippen LogP contribution in [-0.2, 0) is 10.0 Å². The first-order chi connectivity index (χ1) is 14.0. The Morgan fingerprint density at radius 2 is 1.86 bits per heavy atom. The number of pyridine rings is 1. The topological polar surface area (TPSA) is 78.0 Å². The molecule has 0 radical (unpaired) electrons. The van der Waals surface area contributed by atoms with Crippen molar-refractivity contribution in [3.05, 3.63) is 54.6 Å². The number of fused-ring (bicyclic) bond motifs is 1. The van der Waals surface area contributed by atoms with E-state index in [9.17, 15) is 8.42 Å². The van der Waals surface area contributed by atoms with Gasteiger partial charge < -0.3 is 14.2 Å². The summed E-state index contributed by atoms with van der Waals surface area (Å²) in [5.74, 6) is 1.28. The van der Waals surface area contributed by atoms with E-state index in [1.807, 2.05) is 36.4 Å². The van der Waals surface area contributed by atoms with Gasteiger partial charge in [0.1, 0.15) is 22.5 Å². The summed E-state index contributed by atoms with van der Waals surface area (Å²) in [5, 5.41) is 1.03. The van der Waals surface area contributed by atoms with Crippen LogP contribution >= 0.6 is 0 Å². The van der Waals surface area contributed by atoms with Gasteiger partial charge in [-0.15, -0.1) is 0 Å². The van der Waals surface area contributed by atoms with Gasteiger partial charge in [-0.1, -0.05) is 18.2 Å². The maximum atomic E-state index is 13.1. The van der Waals surface area contributed by atoms with Gasteiger partial charge in [-0.2, -0.15) is 4.31 Å².